The molecule has 0 amide bonds. The number of hydrogen-bond donors (Lipinski definition) is 1. The molecule has 9 rings (SSSR count). The van der Waals surface area contributed by atoms with E-state index >= 15 is 0 Å². The van der Waals surface area contributed by atoms with Gasteiger partial charge >= 0.3 is 0 Å². The second-order valence-corrected chi connectivity index (χ2v) is 13.9. The van der Waals surface area contributed by atoms with Crippen molar-refractivity contribution in [2.75, 3.05) is 0 Å². The van der Waals surface area contributed by atoms with Gasteiger partial charge in [0.1, 0.15) is 21.1 Å². The van der Waals surface area contributed by atoms with Crippen LogP contribution in [0.4, 0.5) is 0 Å². The summed E-state index contributed by atoms with van der Waals surface area (Å²) in [6, 6.07) is 38.4. The van der Waals surface area contributed by atoms with Gasteiger partial charge in [0.05, 0.1) is 45.0 Å². The summed E-state index contributed by atoms with van der Waals surface area (Å²) in [5.41, 5.74) is 14.2. The van der Waals surface area contributed by atoms with Crippen molar-refractivity contribution in [1.82, 2.24) is 15.0 Å². The highest BCUT2D eigenvalue weighted by Crippen LogP contribution is 2.39. The van der Waals surface area contributed by atoms with E-state index in [0.29, 0.717) is 0 Å². The first-order chi connectivity index (χ1) is 25.0. The molecule has 244 valence electrons. The van der Waals surface area contributed by atoms with Gasteiger partial charge in [0.25, 0.3) is 0 Å². The number of hydrogen-bond acceptors (Lipinski definition) is 3. The zero-order valence-electron chi connectivity index (χ0n) is 28.6. The molecule has 7 heteroatoms. The lowest BCUT2D eigenvalue weighted by molar-refractivity contribution is -0.660. The van der Waals surface area contributed by atoms with Crippen LogP contribution in [0.15, 0.2) is 128 Å². The highest BCUT2D eigenvalue weighted by atomic mass is 32.1. The molecule has 0 spiro atoms. The fourth-order valence-corrected chi connectivity index (χ4v) is 8.29. The van der Waals surface area contributed by atoms with E-state index in [0.717, 1.165) is 83.4 Å². The predicted octanol–water partition coefficient (Wildman–Crippen LogP) is 8.53. The number of H-pyrrole nitrogens is 1. The van der Waals surface area contributed by atoms with Gasteiger partial charge in [-0.3, -0.25) is 0 Å². The number of nitrogens with one attached hydrogen (secondary N) is 1. The molecule has 2 aliphatic rings. The molecule has 0 unspecified atom stereocenters. The van der Waals surface area contributed by atoms with Crippen molar-refractivity contribution in [3.05, 3.63) is 151 Å². The summed E-state index contributed by atoms with van der Waals surface area (Å²) in [5.74, 6) is 0. The Morgan fingerprint density at radius 2 is 0.863 bits per heavy atom. The molecule has 8 heterocycles. The quantitative estimate of drug-likeness (QED) is 0.190. The number of aromatic amines is 1. The minimum absolute atomic E-state index is 0.869. The smallest absolute Gasteiger partial charge is 0.216 e. The van der Waals surface area contributed by atoms with Crippen molar-refractivity contribution >= 4 is 56.1 Å². The number of benzene rings is 1. The van der Waals surface area contributed by atoms with E-state index in [9.17, 15) is 0 Å². The summed E-state index contributed by atoms with van der Waals surface area (Å²) >= 11 is 1.79. The van der Waals surface area contributed by atoms with E-state index in [-0.39, 0.29) is 0 Å². The zero-order chi connectivity index (χ0) is 34.5. The number of aryl methyl sites for hydroxylation is 3. The van der Waals surface area contributed by atoms with Gasteiger partial charge in [0, 0.05) is 56.9 Å². The van der Waals surface area contributed by atoms with Gasteiger partial charge in [-0.15, -0.1) is 11.3 Å². The normalized spacial score (nSPS) is 12.1. The fraction of sp³-hybridized carbons (Fsp3) is 0.0682. The first-order valence-corrected chi connectivity index (χ1v) is 17.8. The van der Waals surface area contributed by atoms with Gasteiger partial charge in [-0.25, -0.2) is 23.7 Å². The number of rotatable bonds is 4. The molecule has 0 saturated heterocycles. The predicted molar refractivity (Wildman–Crippen MR) is 208 cm³/mol. The number of nitrogens with zero attached hydrogens (tertiary/aromatic N) is 5. The molecule has 8 bridgehead atoms. The average Bonchev–Trinajstić information content (AvgIpc) is 3.99. The van der Waals surface area contributed by atoms with Crippen molar-refractivity contribution in [1.29, 1.82) is 0 Å². The van der Waals surface area contributed by atoms with Crippen LogP contribution in [-0.2, 0) is 21.1 Å². The molecule has 1 N–H and O–H groups in total. The lowest BCUT2D eigenvalue weighted by Gasteiger charge is -2.05. The molecule has 0 fully saturated rings. The molecule has 0 atom stereocenters. The van der Waals surface area contributed by atoms with Crippen molar-refractivity contribution < 1.29 is 13.7 Å². The fourth-order valence-electron chi connectivity index (χ4n) is 7.14. The molecule has 0 aliphatic carbocycles. The average molecular weight is 680 g/mol. The molecular formula is C44H35N6S+3. The van der Waals surface area contributed by atoms with Gasteiger partial charge in [0.2, 0.25) is 17.1 Å². The van der Waals surface area contributed by atoms with Crippen LogP contribution < -0.4 is 13.7 Å². The van der Waals surface area contributed by atoms with Crippen LogP contribution in [0.25, 0.3) is 89.6 Å². The second kappa shape index (κ2) is 12.5. The van der Waals surface area contributed by atoms with Gasteiger partial charge in [-0.2, -0.15) is 0 Å². The topological polar surface area (TPSA) is 53.2 Å². The molecule has 0 saturated carbocycles. The number of aromatic nitrogens is 6. The van der Waals surface area contributed by atoms with Crippen LogP contribution in [0.3, 0.4) is 0 Å². The molecule has 2 aliphatic heterocycles. The highest BCUT2D eigenvalue weighted by Gasteiger charge is 2.25. The summed E-state index contributed by atoms with van der Waals surface area (Å²) in [4.78, 5) is 14.7. The van der Waals surface area contributed by atoms with Crippen LogP contribution in [0.2, 0.25) is 0 Å². The molecule has 1 aromatic carbocycles. The van der Waals surface area contributed by atoms with Gasteiger partial charge in [-0.05, 0) is 72.3 Å². The Kier molecular flexibility index (Phi) is 7.55. The Morgan fingerprint density at radius 3 is 1.41 bits per heavy atom. The maximum atomic E-state index is 5.43. The highest BCUT2D eigenvalue weighted by molar-refractivity contribution is 7.24. The first-order valence-electron chi connectivity index (χ1n) is 17.0. The van der Waals surface area contributed by atoms with E-state index in [1.165, 1.54) is 4.70 Å². The van der Waals surface area contributed by atoms with Crippen LogP contribution in [0.1, 0.15) is 22.8 Å². The molecule has 6 aromatic heterocycles. The number of pyridine rings is 3. The minimum atomic E-state index is 0.869. The van der Waals surface area contributed by atoms with Gasteiger partial charge in [0.15, 0.2) is 18.6 Å². The molecule has 6 nitrogen and oxygen atoms in total. The SMILES string of the molecule is C[n+]1ccccc1-c1c2nc(c(-c3cccc[n+]3C)c3ccc([nH]3)c(-c3ccccc3)c3ccc(s3)c(-c3cccc[n+]3C)c3nc1C=C3)C=C2. The molecule has 7 aromatic rings. The lowest BCUT2D eigenvalue weighted by Crippen LogP contribution is -2.30. The van der Waals surface area contributed by atoms with Crippen molar-refractivity contribution in [2.45, 2.75) is 0 Å². The Labute approximate surface area is 300 Å². The number of fused-ring (bicyclic) bond motifs is 8. The van der Waals surface area contributed by atoms with Crippen LogP contribution in [0, 0.1) is 0 Å². The standard InChI is InChI=1S/C44H34N6S/c1-48-26-10-7-15-36(48)42-31-19-18-30(45-31)41(29-13-5-4-6-14-29)39-24-25-40(51-39)44(38-17-9-12-28-50(38)3)35-23-22-34(47-35)43(33-21-20-32(42)46-33)37-16-8-11-27-49(37)2/h4-28H,1-3H3/q+2/p+1. The van der Waals surface area contributed by atoms with E-state index < -0.39 is 0 Å². The Balaban J connectivity index is 1.51. The third kappa shape index (κ3) is 5.39. The third-order valence-corrected chi connectivity index (χ3v) is 10.7. The monoisotopic (exact) mass is 679 g/mol. The Hall–Kier alpha value is -6.31. The number of thiophene rings is 1. The summed E-state index contributed by atoms with van der Waals surface area (Å²) in [5, 5.41) is 0. The van der Waals surface area contributed by atoms with Crippen molar-refractivity contribution in [3.8, 4) is 44.9 Å². The van der Waals surface area contributed by atoms with Crippen LogP contribution in [0.5, 0.6) is 0 Å². The van der Waals surface area contributed by atoms with Crippen LogP contribution >= 0.6 is 11.3 Å². The molecule has 0 radical (unpaired) electrons. The second-order valence-electron chi connectivity index (χ2n) is 12.8. The summed E-state index contributed by atoms with van der Waals surface area (Å²) in [6.45, 7) is 0. The molecular weight excluding hydrogens is 645 g/mol. The van der Waals surface area contributed by atoms with Gasteiger partial charge in [-0.1, -0.05) is 30.3 Å². The maximum Gasteiger partial charge on any atom is 0.216 e. The van der Waals surface area contributed by atoms with Crippen molar-refractivity contribution in [2.24, 2.45) is 21.1 Å². The van der Waals surface area contributed by atoms with Crippen molar-refractivity contribution in [3.63, 3.8) is 0 Å². The van der Waals surface area contributed by atoms with E-state index in [1.54, 1.807) is 11.3 Å². The summed E-state index contributed by atoms with van der Waals surface area (Å²) < 4.78 is 8.79. The Morgan fingerprint density at radius 1 is 0.431 bits per heavy atom. The minimum Gasteiger partial charge on any atom is -0.354 e. The largest absolute Gasteiger partial charge is 0.354 e. The van der Waals surface area contributed by atoms with E-state index in [2.05, 4.69) is 186 Å². The Bertz CT molecular complexity index is 2590. The summed E-state index contributed by atoms with van der Waals surface area (Å²) in [6.07, 6.45) is 14.8. The zero-order valence-corrected chi connectivity index (χ0v) is 29.4. The molecule has 51 heavy (non-hydrogen) atoms. The lowest BCUT2D eigenvalue weighted by atomic mass is 10.1. The maximum absolute atomic E-state index is 5.43. The van der Waals surface area contributed by atoms with Gasteiger partial charge < -0.3 is 4.98 Å². The van der Waals surface area contributed by atoms with E-state index in [1.807, 2.05) is 6.07 Å². The first kappa shape index (κ1) is 30.7. The third-order valence-electron chi connectivity index (χ3n) is 9.62. The summed E-state index contributed by atoms with van der Waals surface area (Å²) in [7, 11) is 6.26. The van der Waals surface area contributed by atoms with Crippen LogP contribution in [-0.4, -0.2) is 15.0 Å². The van der Waals surface area contributed by atoms with E-state index in [4.69, 9.17) is 9.97 Å².